The molecule has 1 N–H and O–H groups in total. The van der Waals surface area contributed by atoms with Crippen LogP contribution in [0.15, 0.2) is 24.3 Å². The predicted octanol–water partition coefficient (Wildman–Crippen LogP) is 4.07. The average Bonchev–Trinajstić information content (AvgIpc) is 2.82. The first-order chi connectivity index (χ1) is 17.7. The summed E-state index contributed by atoms with van der Waals surface area (Å²) in [6.45, 7) is 12.6. The number of ether oxygens (including phenoxy) is 3. The van der Waals surface area contributed by atoms with Crippen LogP contribution in [0.25, 0.3) is 0 Å². The molecular formula is C29H45N3O6. The zero-order valence-corrected chi connectivity index (χ0v) is 24.0. The summed E-state index contributed by atoms with van der Waals surface area (Å²) in [6.07, 6.45) is 4.13. The minimum Gasteiger partial charge on any atom is -0.458 e. The highest BCUT2D eigenvalue weighted by atomic mass is 16.6. The second-order valence-electron chi connectivity index (χ2n) is 12.3. The van der Waals surface area contributed by atoms with Crippen molar-refractivity contribution in [2.24, 2.45) is 0 Å². The molecule has 212 valence electrons. The summed E-state index contributed by atoms with van der Waals surface area (Å²) in [6, 6.07) is 7.09. The van der Waals surface area contributed by atoms with Gasteiger partial charge in [0.25, 0.3) is 0 Å². The fourth-order valence-corrected chi connectivity index (χ4v) is 4.99. The molecule has 1 heterocycles. The molecule has 2 fully saturated rings. The second-order valence-corrected chi connectivity index (χ2v) is 12.3. The molecule has 2 amide bonds. The Morgan fingerprint density at radius 3 is 2.08 bits per heavy atom. The standard InChI is InChI=1S/C29H45N3O6/c1-28(2,3)37-26(34)24(30-27(35)38-29(4,5)6)18-20-8-10-22(11-9-20)32-17-16-31(19-25(32)33)21-12-14-23(36-7)15-13-21/h8-11,21,23-24H,12-19H2,1-7H3,(H,30,35)/t21?,23?,24-/m0/s1. The minimum absolute atomic E-state index is 0.0936. The van der Waals surface area contributed by atoms with Gasteiger partial charge >= 0.3 is 12.1 Å². The van der Waals surface area contributed by atoms with Gasteiger partial charge in [-0.2, -0.15) is 0 Å². The molecule has 1 atom stereocenters. The molecule has 0 unspecified atom stereocenters. The molecule has 3 rings (SSSR count). The van der Waals surface area contributed by atoms with E-state index in [2.05, 4.69) is 10.2 Å². The smallest absolute Gasteiger partial charge is 0.408 e. The number of carbonyl (C=O) groups excluding carboxylic acids is 3. The molecule has 1 saturated heterocycles. The number of nitrogens with one attached hydrogen (secondary N) is 1. The Morgan fingerprint density at radius 2 is 1.55 bits per heavy atom. The third kappa shape index (κ3) is 8.98. The van der Waals surface area contributed by atoms with Crippen molar-refractivity contribution in [3.63, 3.8) is 0 Å². The molecule has 0 spiro atoms. The van der Waals surface area contributed by atoms with Crippen LogP contribution in [0.4, 0.5) is 10.5 Å². The van der Waals surface area contributed by atoms with E-state index in [0.717, 1.165) is 43.5 Å². The van der Waals surface area contributed by atoms with Crippen LogP contribution < -0.4 is 10.2 Å². The van der Waals surface area contributed by atoms with Crippen LogP contribution in [0.5, 0.6) is 0 Å². The third-order valence-electron chi connectivity index (χ3n) is 6.81. The molecule has 38 heavy (non-hydrogen) atoms. The van der Waals surface area contributed by atoms with E-state index < -0.39 is 29.3 Å². The van der Waals surface area contributed by atoms with Crippen molar-refractivity contribution in [2.45, 2.75) is 103 Å². The zero-order valence-electron chi connectivity index (χ0n) is 24.0. The van der Waals surface area contributed by atoms with Gasteiger partial charge in [0.2, 0.25) is 5.91 Å². The molecular weight excluding hydrogens is 486 g/mol. The molecule has 0 radical (unpaired) electrons. The summed E-state index contributed by atoms with van der Waals surface area (Å²) in [5.74, 6) is -0.436. The van der Waals surface area contributed by atoms with Gasteiger partial charge in [0, 0.05) is 38.3 Å². The van der Waals surface area contributed by atoms with Gasteiger partial charge < -0.3 is 24.4 Å². The van der Waals surface area contributed by atoms with Crippen LogP contribution in [0, 0.1) is 0 Å². The van der Waals surface area contributed by atoms with Crippen molar-refractivity contribution in [1.82, 2.24) is 10.2 Å². The van der Waals surface area contributed by atoms with Crippen molar-refractivity contribution in [2.75, 3.05) is 31.6 Å². The monoisotopic (exact) mass is 531 g/mol. The highest BCUT2D eigenvalue weighted by molar-refractivity contribution is 5.95. The Hall–Kier alpha value is -2.65. The van der Waals surface area contributed by atoms with E-state index in [9.17, 15) is 14.4 Å². The number of anilines is 1. The van der Waals surface area contributed by atoms with Crippen molar-refractivity contribution in [1.29, 1.82) is 0 Å². The van der Waals surface area contributed by atoms with Crippen LogP contribution in [0.3, 0.4) is 0 Å². The van der Waals surface area contributed by atoms with E-state index in [4.69, 9.17) is 14.2 Å². The number of esters is 1. The SMILES string of the molecule is COC1CCC(N2CCN(c3ccc(C[C@H](NC(=O)OC(C)(C)C)C(=O)OC(C)(C)C)cc3)C(=O)C2)CC1. The summed E-state index contributed by atoms with van der Waals surface area (Å²) in [7, 11) is 1.77. The van der Waals surface area contributed by atoms with E-state index in [1.54, 1.807) is 48.7 Å². The maximum Gasteiger partial charge on any atom is 0.408 e. The summed E-state index contributed by atoms with van der Waals surface area (Å²) in [5.41, 5.74) is 0.280. The van der Waals surface area contributed by atoms with Crippen LogP contribution in [0.1, 0.15) is 72.8 Å². The van der Waals surface area contributed by atoms with Gasteiger partial charge in [0.05, 0.1) is 12.6 Å². The largest absolute Gasteiger partial charge is 0.458 e. The van der Waals surface area contributed by atoms with Gasteiger partial charge in [-0.1, -0.05) is 12.1 Å². The van der Waals surface area contributed by atoms with Crippen LogP contribution in [-0.2, 0) is 30.2 Å². The lowest BCUT2D eigenvalue weighted by Crippen LogP contribution is -2.54. The number of rotatable bonds is 7. The molecule has 0 bridgehead atoms. The summed E-state index contributed by atoms with van der Waals surface area (Å²) < 4.78 is 16.4. The normalized spacial score (nSPS) is 22.1. The Kier molecular flexibility index (Phi) is 9.81. The summed E-state index contributed by atoms with van der Waals surface area (Å²) in [5, 5.41) is 2.66. The molecule has 1 aliphatic carbocycles. The molecule has 1 aromatic rings. The average molecular weight is 532 g/mol. The minimum atomic E-state index is -0.909. The van der Waals surface area contributed by atoms with E-state index >= 15 is 0 Å². The summed E-state index contributed by atoms with van der Waals surface area (Å²) >= 11 is 0. The van der Waals surface area contributed by atoms with E-state index in [1.807, 2.05) is 29.2 Å². The molecule has 9 nitrogen and oxygen atoms in total. The van der Waals surface area contributed by atoms with Gasteiger partial charge in [0.15, 0.2) is 0 Å². The second kappa shape index (κ2) is 12.5. The number of methoxy groups -OCH3 is 1. The van der Waals surface area contributed by atoms with Gasteiger partial charge in [-0.05, 0) is 84.9 Å². The topological polar surface area (TPSA) is 97.4 Å². The molecule has 1 aromatic carbocycles. The maximum absolute atomic E-state index is 13.0. The van der Waals surface area contributed by atoms with Gasteiger partial charge in [-0.25, -0.2) is 9.59 Å². The van der Waals surface area contributed by atoms with E-state index in [-0.39, 0.29) is 12.3 Å². The molecule has 0 aromatic heterocycles. The van der Waals surface area contributed by atoms with Crippen molar-refractivity contribution < 1.29 is 28.6 Å². The van der Waals surface area contributed by atoms with E-state index in [1.165, 1.54) is 0 Å². The first kappa shape index (κ1) is 29.9. The number of carbonyl (C=O) groups is 3. The first-order valence-corrected chi connectivity index (χ1v) is 13.6. The van der Waals surface area contributed by atoms with E-state index in [0.29, 0.717) is 25.2 Å². The number of benzene rings is 1. The third-order valence-corrected chi connectivity index (χ3v) is 6.81. The summed E-state index contributed by atoms with van der Waals surface area (Å²) in [4.78, 5) is 42.4. The van der Waals surface area contributed by atoms with Crippen molar-refractivity contribution in [3.05, 3.63) is 29.8 Å². The fourth-order valence-electron chi connectivity index (χ4n) is 4.99. The van der Waals surface area contributed by atoms with Gasteiger partial charge in [0.1, 0.15) is 17.2 Å². The Balaban J connectivity index is 1.62. The number of alkyl carbamates (subject to hydrolysis) is 1. The van der Waals surface area contributed by atoms with Crippen LogP contribution in [-0.4, -0.2) is 79.0 Å². The maximum atomic E-state index is 13.0. The van der Waals surface area contributed by atoms with Gasteiger partial charge in [-0.15, -0.1) is 0 Å². The lowest BCUT2D eigenvalue weighted by atomic mass is 9.91. The Morgan fingerprint density at radius 1 is 0.947 bits per heavy atom. The Labute approximate surface area is 227 Å². The zero-order chi connectivity index (χ0) is 28.1. The molecule has 2 aliphatic rings. The lowest BCUT2D eigenvalue weighted by molar-refractivity contribution is -0.157. The fraction of sp³-hybridized carbons (Fsp3) is 0.690. The molecule has 1 aliphatic heterocycles. The van der Waals surface area contributed by atoms with Gasteiger partial charge in [-0.3, -0.25) is 9.69 Å². The van der Waals surface area contributed by atoms with Crippen LogP contribution in [0.2, 0.25) is 0 Å². The molecule has 1 saturated carbocycles. The number of hydrogen-bond acceptors (Lipinski definition) is 7. The first-order valence-electron chi connectivity index (χ1n) is 13.6. The van der Waals surface area contributed by atoms with Crippen molar-refractivity contribution in [3.8, 4) is 0 Å². The Bertz CT molecular complexity index is 958. The quantitative estimate of drug-likeness (QED) is 0.530. The van der Waals surface area contributed by atoms with Crippen molar-refractivity contribution >= 4 is 23.7 Å². The number of hydrogen-bond donors (Lipinski definition) is 1. The highest BCUT2D eigenvalue weighted by Crippen LogP contribution is 2.27. The lowest BCUT2D eigenvalue weighted by Gasteiger charge is -2.41. The number of nitrogens with zero attached hydrogens (tertiary/aromatic N) is 2. The molecule has 9 heteroatoms. The number of piperazine rings is 1. The van der Waals surface area contributed by atoms with Crippen LogP contribution >= 0.6 is 0 Å². The highest BCUT2D eigenvalue weighted by Gasteiger charge is 2.33. The predicted molar refractivity (Wildman–Crippen MR) is 146 cm³/mol. The number of amides is 2.